The molecule has 0 amide bonds. The van der Waals surface area contributed by atoms with Crippen molar-refractivity contribution in [2.75, 3.05) is 6.61 Å². The van der Waals surface area contributed by atoms with Crippen LogP contribution in [0.2, 0.25) is 5.04 Å². The van der Waals surface area contributed by atoms with Crippen LogP contribution in [0.4, 0.5) is 0 Å². The van der Waals surface area contributed by atoms with E-state index in [-0.39, 0.29) is 52.9 Å². The Kier molecular flexibility index (Phi) is 8.40. The topological polar surface area (TPSA) is 82.1 Å². The zero-order valence-corrected chi connectivity index (χ0v) is 30.7. The van der Waals surface area contributed by atoms with Crippen LogP contribution in [0.25, 0.3) is 0 Å². The van der Waals surface area contributed by atoms with Gasteiger partial charge in [-0.05, 0) is 101 Å². The number of hydrogen-bond donors (Lipinski definition) is 1. The summed E-state index contributed by atoms with van der Waals surface area (Å²) in [6, 6.07) is 21.9. The second-order valence-electron chi connectivity index (χ2n) is 17.1. The first kappa shape index (κ1) is 33.7. The lowest BCUT2D eigenvalue weighted by molar-refractivity contribution is -0.250. The fourth-order valence-electron chi connectivity index (χ4n) is 11.7. The Morgan fingerprint density at radius 3 is 2.10 bits per heavy atom. The summed E-state index contributed by atoms with van der Waals surface area (Å²) in [5.41, 5.74) is -0.710. The van der Waals surface area contributed by atoms with Crippen LogP contribution in [0.3, 0.4) is 0 Å². The normalized spacial score (nSPS) is 37.9. The highest BCUT2D eigenvalue weighted by Crippen LogP contribution is 2.70. The molecule has 7 rings (SSSR count). The molecule has 4 aliphatic carbocycles. The number of benzene rings is 2. The number of fused-ring (bicyclic) bond motifs is 5. The van der Waals surface area contributed by atoms with Crippen molar-refractivity contribution in [2.45, 2.75) is 116 Å². The van der Waals surface area contributed by atoms with Gasteiger partial charge in [0.2, 0.25) is 0 Å². The highest BCUT2D eigenvalue weighted by Gasteiger charge is 2.72. The maximum absolute atomic E-state index is 12.9. The van der Waals surface area contributed by atoms with Crippen molar-refractivity contribution in [3.63, 3.8) is 0 Å². The third kappa shape index (κ3) is 5.00. The highest BCUT2D eigenvalue weighted by atomic mass is 28.4. The van der Waals surface area contributed by atoms with Crippen molar-refractivity contribution in [1.82, 2.24) is 0 Å². The van der Waals surface area contributed by atoms with E-state index in [1.807, 2.05) is 0 Å². The predicted octanol–water partition coefficient (Wildman–Crippen LogP) is 6.73. The molecule has 1 aliphatic heterocycles. The lowest BCUT2D eigenvalue weighted by Crippen LogP contribution is -2.69. The van der Waals surface area contributed by atoms with Crippen molar-refractivity contribution in [3.8, 4) is 0 Å². The Hall–Kier alpha value is -2.74. The van der Waals surface area contributed by atoms with E-state index >= 15 is 0 Å². The number of carbonyl (C=O) groups excluding carboxylic acids is 2. The lowest BCUT2D eigenvalue weighted by Gasteiger charge is -2.65. The molecule has 0 spiro atoms. The molecule has 2 aromatic rings. The molecule has 0 unspecified atom stereocenters. The number of aliphatic hydroxyl groups is 1. The van der Waals surface area contributed by atoms with Crippen LogP contribution in [-0.2, 0) is 23.5 Å². The van der Waals surface area contributed by atoms with Gasteiger partial charge in [0.05, 0.1) is 5.60 Å². The Morgan fingerprint density at radius 2 is 1.54 bits per heavy atom. The summed E-state index contributed by atoms with van der Waals surface area (Å²) in [6.45, 7) is 13.4. The standard InChI is InChI=1S/C41H54O6Si/c1-27(42)46-36-25-35-34(41(44)22-20-33(40(36,41)6)28-23-37(43)45-26-28)18-17-29-24-30(19-21-39(29,35)5)47-48(38(2,3)4,31-13-9-7-10-14-31)32-15-11-8-12-16-32/h7-16,23,29-30,33-36,44H,17-22,24-26H2,1-6H3/t29-,30+,33-,34-,35+,36-,39+,40+,41+/m1/s1. The molecule has 258 valence electrons. The molecule has 5 aliphatic rings. The minimum Gasteiger partial charge on any atom is -0.462 e. The molecule has 6 nitrogen and oxygen atoms in total. The van der Waals surface area contributed by atoms with E-state index < -0.39 is 25.4 Å². The summed E-state index contributed by atoms with van der Waals surface area (Å²) in [5.74, 6) is 0.143. The summed E-state index contributed by atoms with van der Waals surface area (Å²) in [7, 11) is -2.68. The molecule has 1 heterocycles. The summed E-state index contributed by atoms with van der Waals surface area (Å²) in [4.78, 5) is 24.7. The van der Waals surface area contributed by atoms with Crippen molar-refractivity contribution >= 4 is 30.6 Å². The van der Waals surface area contributed by atoms with E-state index in [0.29, 0.717) is 12.3 Å². The first-order chi connectivity index (χ1) is 22.7. The minimum absolute atomic E-state index is 0.00741. The zero-order valence-electron chi connectivity index (χ0n) is 29.7. The molecule has 0 saturated heterocycles. The largest absolute Gasteiger partial charge is 0.462 e. The number of ether oxygens (including phenoxy) is 2. The molecule has 1 N–H and O–H groups in total. The molecule has 48 heavy (non-hydrogen) atoms. The summed E-state index contributed by atoms with van der Waals surface area (Å²) in [6.07, 6.45) is 8.53. The second kappa shape index (κ2) is 11.9. The Balaban J connectivity index is 1.20. The van der Waals surface area contributed by atoms with E-state index in [1.165, 1.54) is 17.3 Å². The quantitative estimate of drug-likeness (QED) is 0.271. The summed E-state index contributed by atoms with van der Waals surface area (Å²) in [5, 5.41) is 15.5. The third-order valence-corrected chi connectivity index (χ3v) is 19.2. The van der Waals surface area contributed by atoms with Crippen LogP contribution >= 0.6 is 0 Å². The van der Waals surface area contributed by atoms with E-state index in [9.17, 15) is 14.7 Å². The molecule has 0 aromatic heterocycles. The summed E-state index contributed by atoms with van der Waals surface area (Å²) >= 11 is 0. The molecule has 2 aromatic carbocycles. The molecule has 4 fully saturated rings. The molecular weight excluding hydrogens is 617 g/mol. The van der Waals surface area contributed by atoms with Gasteiger partial charge in [0.25, 0.3) is 8.32 Å². The third-order valence-electron chi connectivity index (χ3n) is 14.1. The van der Waals surface area contributed by atoms with E-state index in [0.717, 1.165) is 50.5 Å². The number of hydrogen-bond acceptors (Lipinski definition) is 6. The Bertz CT molecular complexity index is 1530. The SMILES string of the molecule is CC(=O)O[C@@H]1C[C@H]2[C@@H](CC[C@@H]3C[C@@H](O[Si](c4ccccc4)(c4ccccc4)C(C)(C)C)CC[C@@]32C)[C@@]2(O)CC[C@H](C3=CC(=O)OC3)[C@@]12C. The highest BCUT2D eigenvalue weighted by molar-refractivity contribution is 6.99. The van der Waals surface area contributed by atoms with E-state index in [1.54, 1.807) is 6.08 Å². The van der Waals surface area contributed by atoms with Crippen LogP contribution in [0.1, 0.15) is 92.9 Å². The van der Waals surface area contributed by atoms with Crippen molar-refractivity contribution in [3.05, 3.63) is 72.3 Å². The van der Waals surface area contributed by atoms with E-state index in [4.69, 9.17) is 13.9 Å². The zero-order chi connectivity index (χ0) is 34.1. The van der Waals surface area contributed by atoms with Crippen LogP contribution < -0.4 is 10.4 Å². The number of cyclic esters (lactones) is 1. The monoisotopic (exact) mass is 670 g/mol. The van der Waals surface area contributed by atoms with Gasteiger partial charge in [-0.25, -0.2) is 4.79 Å². The van der Waals surface area contributed by atoms with E-state index in [2.05, 4.69) is 95.3 Å². The lowest BCUT2D eigenvalue weighted by atomic mass is 9.42. The first-order valence-electron chi connectivity index (χ1n) is 18.3. The fraction of sp³-hybridized carbons (Fsp3) is 0.610. The molecular formula is C41H54O6Si. The Morgan fingerprint density at radius 1 is 0.896 bits per heavy atom. The number of esters is 2. The molecule has 0 bridgehead atoms. The van der Waals surface area contributed by atoms with Gasteiger partial charge in [-0.15, -0.1) is 0 Å². The van der Waals surface area contributed by atoms with Gasteiger partial charge in [-0.2, -0.15) is 0 Å². The van der Waals surface area contributed by atoms with Crippen LogP contribution in [0.5, 0.6) is 0 Å². The van der Waals surface area contributed by atoms with Gasteiger partial charge in [-0.3, -0.25) is 4.79 Å². The Labute approximate surface area is 287 Å². The number of rotatable bonds is 6. The fourth-order valence-corrected chi connectivity index (χ4v) is 16.5. The predicted molar refractivity (Wildman–Crippen MR) is 189 cm³/mol. The molecule has 4 saturated carbocycles. The second-order valence-corrected chi connectivity index (χ2v) is 21.4. The van der Waals surface area contributed by atoms with Crippen LogP contribution in [-0.4, -0.2) is 49.8 Å². The smallest absolute Gasteiger partial charge is 0.331 e. The van der Waals surface area contributed by atoms with Gasteiger partial charge < -0.3 is 19.0 Å². The van der Waals surface area contributed by atoms with Gasteiger partial charge >= 0.3 is 11.9 Å². The maximum Gasteiger partial charge on any atom is 0.331 e. The van der Waals surface area contributed by atoms with Crippen molar-refractivity contribution in [1.29, 1.82) is 0 Å². The van der Waals surface area contributed by atoms with Gasteiger partial charge in [-0.1, -0.05) is 95.3 Å². The molecule has 0 radical (unpaired) electrons. The molecule has 7 heteroatoms. The maximum atomic E-state index is 12.9. The van der Waals surface area contributed by atoms with Crippen LogP contribution in [0.15, 0.2) is 72.3 Å². The minimum atomic E-state index is -2.68. The molecule has 9 atom stereocenters. The van der Waals surface area contributed by atoms with Gasteiger partial charge in [0.1, 0.15) is 12.7 Å². The van der Waals surface area contributed by atoms with Crippen LogP contribution in [0, 0.1) is 34.5 Å². The first-order valence-corrected chi connectivity index (χ1v) is 20.2. The van der Waals surface area contributed by atoms with Gasteiger partial charge in [0, 0.05) is 24.5 Å². The average molecular weight is 671 g/mol. The van der Waals surface area contributed by atoms with Gasteiger partial charge in [0.15, 0.2) is 0 Å². The summed E-state index contributed by atoms with van der Waals surface area (Å²) < 4.78 is 19.2. The average Bonchev–Trinajstić information content (AvgIpc) is 3.60. The van der Waals surface area contributed by atoms with Crippen molar-refractivity contribution in [2.24, 2.45) is 34.5 Å². The van der Waals surface area contributed by atoms with Crippen molar-refractivity contribution < 1.29 is 28.6 Å². The number of carbonyl (C=O) groups is 2.